The fraction of sp³-hybridized carbons (Fsp3) is 0.353. The van der Waals surface area contributed by atoms with E-state index in [9.17, 15) is 18.0 Å². The Balaban J connectivity index is 2.34. The van der Waals surface area contributed by atoms with Gasteiger partial charge in [0, 0.05) is 25.3 Å². The van der Waals surface area contributed by atoms with Crippen LogP contribution in [0.25, 0.3) is 0 Å². The first kappa shape index (κ1) is 23.8. The number of hydrogen-bond acceptors (Lipinski definition) is 10. The number of rotatable bonds is 12. The fourth-order valence-corrected chi connectivity index (χ4v) is 2.89. The van der Waals surface area contributed by atoms with Gasteiger partial charge in [0.1, 0.15) is 0 Å². The van der Waals surface area contributed by atoms with Gasteiger partial charge in [-0.05, 0) is 31.2 Å². The minimum atomic E-state index is -4.33. The van der Waals surface area contributed by atoms with E-state index in [0.29, 0.717) is 12.2 Å². The monoisotopic (exact) mass is 454 g/mol. The normalized spacial score (nSPS) is 11.0. The van der Waals surface area contributed by atoms with Gasteiger partial charge in [-0.25, -0.2) is 0 Å². The smallest absolute Gasteiger partial charge is 0.305 e. The highest BCUT2D eigenvalue weighted by atomic mass is 32.2. The molecule has 2 rings (SSSR count). The highest BCUT2D eigenvalue weighted by Crippen LogP contribution is 2.20. The molecular formula is C17H22N6O7S. The Morgan fingerprint density at radius 2 is 1.52 bits per heavy atom. The van der Waals surface area contributed by atoms with Gasteiger partial charge in [-0.2, -0.15) is 23.4 Å². The maximum Gasteiger partial charge on any atom is 0.305 e. The molecule has 31 heavy (non-hydrogen) atoms. The number of aromatic nitrogens is 3. The van der Waals surface area contributed by atoms with Crippen molar-refractivity contribution < 1.29 is 32.8 Å². The predicted molar refractivity (Wildman–Crippen MR) is 110 cm³/mol. The van der Waals surface area contributed by atoms with Crippen LogP contribution in [0.1, 0.15) is 19.8 Å². The summed E-state index contributed by atoms with van der Waals surface area (Å²) >= 11 is 0. The minimum Gasteiger partial charge on any atom is -0.481 e. The van der Waals surface area contributed by atoms with Crippen LogP contribution in [0.15, 0.2) is 29.2 Å². The summed E-state index contributed by atoms with van der Waals surface area (Å²) in [5.41, 5.74) is 0.412. The van der Waals surface area contributed by atoms with Crippen LogP contribution in [0.5, 0.6) is 0 Å². The largest absolute Gasteiger partial charge is 0.481 e. The van der Waals surface area contributed by atoms with E-state index in [2.05, 4.69) is 25.6 Å². The molecule has 168 valence electrons. The van der Waals surface area contributed by atoms with E-state index < -0.39 is 22.1 Å². The first-order valence-electron chi connectivity index (χ1n) is 9.11. The lowest BCUT2D eigenvalue weighted by atomic mass is 10.3. The molecule has 2 aromatic rings. The zero-order valence-electron chi connectivity index (χ0n) is 16.5. The Morgan fingerprint density at radius 1 is 0.968 bits per heavy atom. The van der Waals surface area contributed by atoms with Crippen molar-refractivity contribution in [3.63, 3.8) is 0 Å². The van der Waals surface area contributed by atoms with E-state index in [0.717, 1.165) is 0 Å². The Hall–Kier alpha value is -3.52. The summed E-state index contributed by atoms with van der Waals surface area (Å²) in [6, 6.07) is 5.17. The van der Waals surface area contributed by atoms with Gasteiger partial charge in [0.05, 0.1) is 17.7 Å². The van der Waals surface area contributed by atoms with Gasteiger partial charge in [-0.15, -0.1) is 0 Å². The first-order chi connectivity index (χ1) is 14.6. The molecule has 5 N–H and O–H groups in total. The second-order valence-corrected chi connectivity index (χ2v) is 7.63. The molecule has 0 aliphatic carbocycles. The van der Waals surface area contributed by atoms with Crippen LogP contribution in [0.2, 0.25) is 0 Å². The highest BCUT2D eigenvalue weighted by Gasteiger charge is 2.17. The van der Waals surface area contributed by atoms with E-state index >= 15 is 0 Å². The van der Waals surface area contributed by atoms with Gasteiger partial charge in [-0.1, -0.05) is 0 Å². The van der Waals surface area contributed by atoms with Crippen LogP contribution in [-0.2, 0) is 19.7 Å². The fourth-order valence-electron chi connectivity index (χ4n) is 2.41. The average Bonchev–Trinajstić information content (AvgIpc) is 2.67. The molecule has 1 heterocycles. The SMILES string of the molecule is CCNc1nc(Nc2ccc(S(=O)(=O)O)cc2)nc(N(CCC(=O)O)CCC(=O)O)n1. The molecule has 0 unspecified atom stereocenters. The van der Waals surface area contributed by atoms with Gasteiger partial charge in [0.25, 0.3) is 10.1 Å². The lowest BCUT2D eigenvalue weighted by Crippen LogP contribution is -2.31. The number of carboxylic acids is 2. The molecule has 0 spiro atoms. The van der Waals surface area contributed by atoms with Gasteiger partial charge in [-0.3, -0.25) is 14.1 Å². The zero-order chi connectivity index (χ0) is 23.0. The van der Waals surface area contributed by atoms with Gasteiger partial charge < -0.3 is 25.7 Å². The Labute approximate surface area is 177 Å². The maximum absolute atomic E-state index is 11.2. The van der Waals surface area contributed by atoms with Crippen molar-refractivity contribution in [3.8, 4) is 0 Å². The quantitative estimate of drug-likeness (QED) is 0.286. The number of hydrogen-bond donors (Lipinski definition) is 5. The van der Waals surface area contributed by atoms with Crippen LogP contribution in [0.3, 0.4) is 0 Å². The van der Waals surface area contributed by atoms with Crippen molar-refractivity contribution in [2.75, 3.05) is 35.2 Å². The molecule has 0 fully saturated rings. The summed E-state index contributed by atoms with van der Waals surface area (Å²) in [7, 11) is -4.33. The minimum absolute atomic E-state index is 0.0132. The van der Waals surface area contributed by atoms with Gasteiger partial charge in [0.15, 0.2) is 0 Å². The summed E-state index contributed by atoms with van der Waals surface area (Å²) in [5, 5.41) is 23.7. The molecule has 0 radical (unpaired) electrons. The van der Waals surface area contributed by atoms with Crippen LogP contribution in [-0.4, -0.2) is 69.7 Å². The number of aliphatic carboxylic acids is 2. The molecule has 0 aliphatic heterocycles. The highest BCUT2D eigenvalue weighted by molar-refractivity contribution is 7.85. The number of nitrogens with zero attached hydrogens (tertiary/aromatic N) is 4. The predicted octanol–water partition coefficient (Wildman–Crippen LogP) is 1.05. The molecule has 1 aromatic carbocycles. The first-order valence-corrected chi connectivity index (χ1v) is 10.6. The second kappa shape index (κ2) is 10.5. The van der Waals surface area contributed by atoms with Crippen molar-refractivity contribution in [3.05, 3.63) is 24.3 Å². The summed E-state index contributed by atoms with van der Waals surface area (Å²) in [5.74, 6) is -1.79. The Bertz CT molecular complexity index is 1010. The summed E-state index contributed by atoms with van der Waals surface area (Å²) < 4.78 is 31.4. The third-order valence-electron chi connectivity index (χ3n) is 3.84. The topological polar surface area (TPSA) is 195 Å². The van der Waals surface area contributed by atoms with Gasteiger partial charge >= 0.3 is 11.9 Å². The van der Waals surface area contributed by atoms with Crippen LogP contribution < -0.4 is 15.5 Å². The van der Waals surface area contributed by atoms with Crippen molar-refractivity contribution in [1.29, 1.82) is 0 Å². The van der Waals surface area contributed by atoms with Crippen molar-refractivity contribution in [2.45, 2.75) is 24.7 Å². The van der Waals surface area contributed by atoms with E-state index in [4.69, 9.17) is 14.8 Å². The molecule has 0 amide bonds. The van der Waals surface area contributed by atoms with E-state index in [1.54, 1.807) is 0 Å². The van der Waals surface area contributed by atoms with Crippen molar-refractivity contribution in [1.82, 2.24) is 15.0 Å². The second-order valence-electron chi connectivity index (χ2n) is 6.21. The number of carboxylic acid groups (broad SMARTS) is 2. The number of benzene rings is 1. The standard InChI is InChI=1S/C17H22N6O7S/c1-2-18-15-20-16(19-11-3-5-12(6-4-11)31(28,29)30)22-17(21-15)23(9-7-13(24)25)10-8-14(26)27/h3-6H,2,7-10H2,1H3,(H,24,25)(H,26,27)(H,28,29,30)(H2,18,19,20,21,22). The number of nitrogens with one attached hydrogen (secondary N) is 2. The summed E-state index contributed by atoms with van der Waals surface area (Å²) in [4.78, 5) is 35.7. The Morgan fingerprint density at radius 3 is 2.00 bits per heavy atom. The molecular weight excluding hydrogens is 432 g/mol. The lowest BCUT2D eigenvalue weighted by molar-refractivity contribution is -0.137. The molecule has 0 saturated carbocycles. The van der Waals surface area contributed by atoms with Crippen LogP contribution in [0.4, 0.5) is 23.5 Å². The van der Waals surface area contributed by atoms with Crippen LogP contribution in [0, 0.1) is 0 Å². The van der Waals surface area contributed by atoms with E-state index in [1.165, 1.54) is 29.2 Å². The van der Waals surface area contributed by atoms with Crippen molar-refractivity contribution in [2.24, 2.45) is 0 Å². The zero-order valence-corrected chi connectivity index (χ0v) is 17.3. The van der Waals surface area contributed by atoms with E-state index in [1.807, 2.05) is 6.92 Å². The Kier molecular flexibility index (Phi) is 8.04. The molecule has 1 aromatic heterocycles. The average molecular weight is 454 g/mol. The van der Waals surface area contributed by atoms with Crippen molar-refractivity contribution >= 4 is 45.6 Å². The number of carbonyl (C=O) groups is 2. The third kappa shape index (κ3) is 7.67. The third-order valence-corrected chi connectivity index (χ3v) is 4.71. The van der Waals surface area contributed by atoms with E-state index in [-0.39, 0.29) is 48.7 Å². The molecule has 0 bridgehead atoms. The summed E-state index contributed by atoms with van der Waals surface area (Å²) in [6.07, 6.45) is -0.497. The summed E-state index contributed by atoms with van der Waals surface area (Å²) in [6.45, 7) is 2.27. The molecule has 0 atom stereocenters. The maximum atomic E-state index is 11.2. The van der Waals surface area contributed by atoms with Crippen LogP contribution >= 0.6 is 0 Å². The lowest BCUT2D eigenvalue weighted by Gasteiger charge is -2.22. The molecule has 13 nitrogen and oxygen atoms in total. The molecule has 0 saturated heterocycles. The molecule has 14 heteroatoms. The number of anilines is 4. The molecule has 0 aliphatic rings. The van der Waals surface area contributed by atoms with Gasteiger partial charge in [0.2, 0.25) is 17.8 Å².